The van der Waals surface area contributed by atoms with E-state index in [1.54, 1.807) is 0 Å². The summed E-state index contributed by atoms with van der Waals surface area (Å²) in [6.45, 7) is 2.19. The van der Waals surface area contributed by atoms with Crippen LogP contribution in [0.3, 0.4) is 0 Å². The maximum atomic E-state index is 5.64. The van der Waals surface area contributed by atoms with Crippen LogP contribution in [0, 0.1) is 17.3 Å². The summed E-state index contributed by atoms with van der Waals surface area (Å²) in [6, 6.07) is 0. The first-order valence-corrected chi connectivity index (χ1v) is 7.33. The predicted octanol–water partition coefficient (Wildman–Crippen LogP) is 3.17. The van der Waals surface area contributed by atoms with Crippen molar-refractivity contribution in [2.45, 2.75) is 44.9 Å². The molecule has 2 aliphatic rings. The van der Waals surface area contributed by atoms with Gasteiger partial charge in [0.05, 0.1) is 6.61 Å². The first-order valence-electron chi connectivity index (χ1n) is 7.33. The molecule has 0 spiro atoms. The summed E-state index contributed by atoms with van der Waals surface area (Å²) in [5, 5.41) is 0. The van der Waals surface area contributed by atoms with Gasteiger partial charge >= 0.3 is 0 Å². The number of ether oxygens (including phenoxy) is 1. The molecule has 1 unspecified atom stereocenters. The second kappa shape index (κ2) is 5.71. The molecule has 2 fully saturated rings. The van der Waals surface area contributed by atoms with Crippen LogP contribution >= 0.6 is 0 Å². The van der Waals surface area contributed by atoms with Gasteiger partial charge in [-0.1, -0.05) is 19.3 Å². The Labute approximate surface area is 107 Å². The molecule has 17 heavy (non-hydrogen) atoms. The fourth-order valence-electron chi connectivity index (χ4n) is 4.07. The number of hydrogen-bond acceptors (Lipinski definition) is 2. The van der Waals surface area contributed by atoms with Crippen LogP contribution in [0.25, 0.3) is 0 Å². The standard InChI is InChI=1S/C15H29NO/c1-16(2)11-15(12-17-3,14-9-10-14)13-7-5-4-6-8-13/h13-14H,4-12H2,1-3H3. The lowest BCUT2D eigenvalue weighted by atomic mass is 9.66. The molecular formula is C15H29NO. The summed E-state index contributed by atoms with van der Waals surface area (Å²) in [5.41, 5.74) is 0.457. The Kier molecular flexibility index (Phi) is 4.48. The van der Waals surface area contributed by atoms with Gasteiger partial charge in [0, 0.05) is 19.1 Å². The number of methoxy groups -OCH3 is 1. The summed E-state index contributed by atoms with van der Waals surface area (Å²) in [5.74, 6) is 1.85. The van der Waals surface area contributed by atoms with E-state index in [4.69, 9.17) is 4.74 Å². The van der Waals surface area contributed by atoms with Crippen molar-refractivity contribution in [3.8, 4) is 0 Å². The van der Waals surface area contributed by atoms with Gasteiger partial charge in [-0.15, -0.1) is 0 Å². The van der Waals surface area contributed by atoms with E-state index in [0.29, 0.717) is 5.41 Å². The van der Waals surface area contributed by atoms with E-state index < -0.39 is 0 Å². The lowest BCUT2D eigenvalue weighted by Crippen LogP contribution is -2.46. The van der Waals surface area contributed by atoms with Gasteiger partial charge in [-0.2, -0.15) is 0 Å². The van der Waals surface area contributed by atoms with Gasteiger partial charge in [-0.25, -0.2) is 0 Å². The van der Waals surface area contributed by atoms with E-state index in [2.05, 4.69) is 19.0 Å². The molecule has 2 rings (SSSR count). The van der Waals surface area contributed by atoms with Gasteiger partial charge in [0.1, 0.15) is 0 Å². The molecule has 0 N–H and O–H groups in total. The van der Waals surface area contributed by atoms with Crippen LogP contribution in [0.4, 0.5) is 0 Å². The van der Waals surface area contributed by atoms with Crippen LogP contribution in [-0.2, 0) is 4.74 Å². The molecule has 0 amide bonds. The molecule has 0 heterocycles. The maximum Gasteiger partial charge on any atom is 0.0536 e. The molecule has 2 heteroatoms. The Bertz CT molecular complexity index is 231. The van der Waals surface area contributed by atoms with E-state index >= 15 is 0 Å². The summed E-state index contributed by atoms with van der Waals surface area (Å²) in [6.07, 6.45) is 10.1. The van der Waals surface area contributed by atoms with E-state index in [1.165, 1.54) is 51.5 Å². The SMILES string of the molecule is COCC(CN(C)C)(C1CCCCC1)C1CC1. The number of rotatable bonds is 6. The molecular weight excluding hydrogens is 210 g/mol. The van der Waals surface area contributed by atoms with Crippen molar-refractivity contribution >= 4 is 0 Å². The topological polar surface area (TPSA) is 12.5 Å². The van der Waals surface area contributed by atoms with Crippen molar-refractivity contribution in [2.75, 3.05) is 34.4 Å². The van der Waals surface area contributed by atoms with Crippen LogP contribution in [0.1, 0.15) is 44.9 Å². The van der Waals surface area contributed by atoms with Crippen molar-refractivity contribution in [3.63, 3.8) is 0 Å². The largest absolute Gasteiger partial charge is 0.384 e. The van der Waals surface area contributed by atoms with Gasteiger partial charge in [-0.3, -0.25) is 0 Å². The summed E-state index contributed by atoms with van der Waals surface area (Å²) in [4.78, 5) is 2.38. The molecule has 1 atom stereocenters. The number of hydrogen-bond donors (Lipinski definition) is 0. The van der Waals surface area contributed by atoms with Gasteiger partial charge in [0.2, 0.25) is 0 Å². The minimum absolute atomic E-state index is 0.457. The average molecular weight is 239 g/mol. The highest BCUT2D eigenvalue weighted by Gasteiger charge is 2.50. The van der Waals surface area contributed by atoms with E-state index in [0.717, 1.165) is 18.4 Å². The molecule has 0 aliphatic heterocycles. The zero-order valence-corrected chi connectivity index (χ0v) is 11.9. The quantitative estimate of drug-likeness (QED) is 0.706. The smallest absolute Gasteiger partial charge is 0.0536 e. The Morgan fingerprint density at radius 1 is 1.00 bits per heavy atom. The normalized spacial score (nSPS) is 26.1. The molecule has 100 valence electrons. The Morgan fingerprint density at radius 2 is 1.59 bits per heavy atom. The lowest BCUT2D eigenvalue weighted by molar-refractivity contribution is -0.0204. The first kappa shape index (κ1) is 13.4. The highest BCUT2D eigenvalue weighted by atomic mass is 16.5. The van der Waals surface area contributed by atoms with Crippen molar-refractivity contribution in [1.82, 2.24) is 4.90 Å². The molecule has 0 aromatic rings. The molecule has 0 radical (unpaired) electrons. The molecule has 2 aliphatic carbocycles. The minimum Gasteiger partial charge on any atom is -0.384 e. The highest BCUT2D eigenvalue weighted by molar-refractivity contribution is 5.00. The van der Waals surface area contributed by atoms with Crippen molar-refractivity contribution in [2.24, 2.45) is 17.3 Å². The van der Waals surface area contributed by atoms with Crippen LogP contribution in [0.5, 0.6) is 0 Å². The van der Waals surface area contributed by atoms with Crippen LogP contribution in [0.2, 0.25) is 0 Å². The molecule has 2 nitrogen and oxygen atoms in total. The van der Waals surface area contributed by atoms with Crippen LogP contribution in [0.15, 0.2) is 0 Å². The van der Waals surface area contributed by atoms with E-state index in [9.17, 15) is 0 Å². The Hall–Kier alpha value is -0.0800. The average Bonchev–Trinajstić information content (AvgIpc) is 3.13. The fourth-order valence-corrected chi connectivity index (χ4v) is 4.07. The highest BCUT2D eigenvalue weighted by Crippen LogP contribution is 2.54. The molecule has 0 aromatic carbocycles. The lowest BCUT2D eigenvalue weighted by Gasteiger charge is -2.44. The van der Waals surface area contributed by atoms with Gasteiger partial charge < -0.3 is 9.64 Å². The third kappa shape index (κ3) is 3.03. The summed E-state index contributed by atoms with van der Waals surface area (Å²) < 4.78 is 5.64. The summed E-state index contributed by atoms with van der Waals surface area (Å²) in [7, 11) is 6.32. The van der Waals surface area contributed by atoms with Gasteiger partial charge in [0.25, 0.3) is 0 Å². The van der Waals surface area contributed by atoms with Crippen molar-refractivity contribution in [1.29, 1.82) is 0 Å². The predicted molar refractivity (Wildman–Crippen MR) is 72.2 cm³/mol. The molecule has 0 aromatic heterocycles. The summed E-state index contributed by atoms with van der Waals surface area (Å²) >= 11 is 0. The van der Waals surface area contributed by atoms with Crippen molar-refractivity contribution < 1.29 is 4.74 Å². The Morgan fingerprint density at radius 3 is 2.06 bits per heavy atom. The van der Waals surface area contributed by atoms with E-state index in [-0.39, 0.29) is 0 Å². The second-order valence-corrected chi connectivity index (χ2v) is 6.51. The third-order valence-electron chi connectivity index (χ3n) is 4.83. The van der Waals surface area contributed by atoms with E-state index in [1.807, 2.05) is 7.11 Å². The van der Waals surface area contributed by atoms with Crippen molar-refractivity contribution in [3.05, 3.63) is 0 Å². The first-order chi connectivity index (χ1) is 8.19. The minimum atomic E-state index is 0.457. The zero-order valence-electron chi connectivity index (χ0n) is 11.9. The molecule has 0 bridgehead atoms. The van der Waals surface area contributed by atoms with Gasteiger partial charge in [-0.05, 0) is 51.6 Å². The van der Waals surface area contributed by atoms with Crippen LogP contribution in [-0.4, -0.2) is 39.3 Å². The maximum absolute atomic E-state index is 5.64. The number of nitrogens with zero attached hydrogens (tertiary/aromatic N) is 1. The zero-order chi connectivity index (χ0) is 12.3. The van der Waals surface area contributed by atoms with Crippen LogP contribution < -0.4 is 0 Å². The third-order valence-corrected chi connectivity index (χ3v) is 4.83. The fraction of sp³-hybridized carbons (Fsp3) is 1.00. The Balaban J connectivity index is 2.12. The monoisotopic (exact) mass is 239 g/mol. The molecule has 2 saturated carbocycles. The molecule has 0 saturated heterocycles. The second-order valence-electron chi connectivity index (χ2n) is 6.51. The van der Waals surface area contributed by atoms with Gasteiger partial charge in [0.15, 0.2) is 0 Å².